The Hall–Kier alpha value is -1.86. The van der Waals surface area contributed by atoms with Gasteiger partial charge >= 0.3 is 0 Å². The third-order valence-electron chi connectivity index (χ3n) is 3.18. The van der Waals surface area contributed by atoms with E-state index in [1.165, 1.54) is 5.56 Å². The van der Waals surface area contributed by atoms with Crippen molar-refractivity contribution in [2.75, 3.05) is 25.1 Å². The highest BCUT2D eigenvalue weighted by Crippen LogP contribution is 2.24. The molecular formula is C15H19N3O. The second-order valence-corrected chi connectivity index (χ2v) is 4.57. The molecule has 0 unspecified atom stereocenters. The molecule has 0 aromatic carbocycles. The Bertz CT molecular complexity index is 491. The number of anilines is 1. The molecule has 0 radical (unpaired) electrons. The van der Waals surface area contributed by atoms with Gasteiger partial charge in [0.05, 0.1) is 18.8 Å². The van der Waals surface area contributed by atoms with Gasteiger partial charge in [-0.2, -0.15) is 5.26 Å². The fraction of sp³-hybridized carbons (Fsp3) is 0.467. The fourth-order valence-corrected chi connectivity index (χ4v) is 2.20. The summed E-state index contributed by atoms with van der Waals surface area (Å²) < 4.78 is 5.42. The van der Waals surface area contributed by atoms with Gasteiger partial charge in [0, 0.05) is 12.2 Å². The first-order chi connectivity index (χ1) is 9.35. The van der Waals surface area contributed by atoms with E-state index in [0.717, 1.165) is 31.4 Å². The Morgan fingerprint density at radius 1 is 1.47 bits per heavy atom. The maximum Gasteiger partial charge on any atom is 0.144 e. The summed E-state index contributed by atoms with van der Waals surface area (Å²) in [5.41, 5.74) is 2.99. The molecule has 0 spiro atoms. The highest BCUT2D eigenvalue weighted by molar-refractivity contribution is 5.55. The topological polar surface area (TPSA) is 57.9 Å². The summed E-state index contributed by atoms with van der Waals surface area (Å²) in [6, 6.07) is 4.18. The lowest BCUT2D eigenvalue weighted by Crippen LogP contribution is -2.12. The normalized spacial score (nSPS) is 12.8. The number of nitrogens with one attached hydrogen (secondary N) is 1. The lowest BCUT2D eigenvalue weighted by atomic mass is 10.1. The minimum Gasteiger partial charge on any atom is -0.379 e. The van der Waals surface area contributed by atoms with E-state index in [9.17, 15) is 0 Å². The molecular weight excluding hydrogens is 238 g/mol. The van der Waals surface area contributed by atoms with Gasteiger partial charge in [-0.15, -0.1) is 6.58 Å². The highest BCUT2D eigenvalue weighted by atomic mass is 16.5. The van der Waals surface area contributed by atoms with Gasteiger partial charge in [-0.1, -0.05) is 6.08 Å². The molecule has 0 aliphatic heterocycles. The predicted octanol–water partition coefficient (Wildman–Crippen LogP) is 2.45. The Morgan fingerprint density at radius 2 is 2.37 bits per heavy atom. The van der Waals surface area contributed by atoms with Crippen molar-refractivity contribution < 1.29 is 4.74 Å². The minimum absolute atomic E-state index is 0.609. The summed E-state index contributed by atoms with van der Waals surface area (Å²) in [6.45, 7) is 5.60. The van der Waals surface area contributed by atoms with E-state index in [1.54, 1.807) is 0 Å². The van der Waals surface area contributed by atoms with Crippen molar-refractivity contribution in [1.29, 1.82) is 5.26 Å². The van der Waals surface area contributed by atoms with Crippen LogP contribution in [0.25, 0.3) is 0 Å². The van der Waals surface area contributed by atoms with Crippen LogP contribution in [0.15, 0.2) is 18.7 Å². The van der Waals surface area contributed by atoms with Crippen LogP contribution in [-0.2, 0) is 17.6 Å². The predicted molar refractivity (Wildman–Crippen MR) is 75.1 cm³/mol. The molecule has 0 bridgehead atoms. The molecule has 4 heteroatoms. The van der Waals surface area contributed by atoms with Crippen LogP contribution in [0.3, 0.4) is 0 Å². The summed E-state index contributed by atoms with van der Waals surface area (Å²) >= 11 is 0. The number of nitrogens with zero attached hydrogens (tertiary/aromatic N) is 2. The van der Waals surface area contributed by atoms with E-state index in [4.69, 9.17) is 10.00 Å². The second-order valence-electron chi connectivity index (χ2n) is 4.57. The van der Waals surface area contributed by atoms with Gasteiger partial charge in [0.1, 0.15) is 11.9 Å². The van der Waals surface area contributed by atoms with E-state index in [1.807, 2.05) is 12.1 Å². The van der Waals surface area contributed by atoms with Gasteiger partial charge < -0.3 is 10.1 Å². The van der Waals surface area contributed by atoms with Gasteiger partial charge in [-0.3, -0.25) is 0 Å². The number of aromatic nitrogens is 1. The second kappa shape index (κ2) is 6.91. The first kappa shape index (κ1) is 13.6. The first-order valence-corrected chi connectivity index (χ1v) is 6.70. The quantitative estimate of drug-likeness (QED) is 0.602. The maximum absolute atomic E-state index is 9.15. The third-order valence-corrected chi connectivity index (χ3v) is 3.18. The van der Waals surface area contributed by atoms with Crippen LogP contribution >= 0.6 is 0 Å². The molecule has 0 fully saturated rings. The number of pyridine rings is 1. The van der Waals surface area contributed by atoms with Gasteiger partial charge in [0.15, 0.2) is 0 Å². The molecule has 1 heterocycles. The molecule has 0 saturated heterocycles. The van der Waals surface area contributed by atoms with Crippen molar-refractivity contribution in [3.05, 3.63) is 35.5 Å². The number of hydrogen-bond acceptors (Lipinski definition) is 4. The number of aryl methyl sites for hydroxylation is 2. The van der Waals surface area contributed by atoms with Gasteiger partial charge in [0.25, 0.3) is 0 Å². The standard InChI is InChI=1S/C15H19N3O/c1-2-3-8-19-9-7-17-15-13(11-16)10-12-5-4-6-14(12)18-15/h2,10H,1,3-9H2,(H,17,18). The molecule has 1 aromatic rings. The molecule has 0 saturated carbocycles. The molecule has 0 amide bonds. The van der Waals surface area contributed by atoms with Crippen LogP contribution in [0.1, 0.15) is 29.7 Å². The number of nitriles is 1. The van der Waals surface area contributed by atoms with Crippen LogP contribution in [-0.4, -0.2) is 24.7 Å². The average Bonchev–Trinajstić information content (AvgIpc) is 2.88. The van der Waals surface area contributed by atoms with Gasteiger partial charge in [-0.05, 0) is 37.3 Å². The average molecular weight is 257 g/mol. The summed E-state index contributed by atoms with van der Waals surface area (Å²) in [6.07, 6.45) is 5.90. The van der Waals surface area contributed by atoms with E-state index in [2.05, 4.69) is 22.9 Å². The Labute approximate surface area is 114 Å². The lowest BCUT2D eigenvalue weighted by molar-refractivity contribution is 0.149. The zero-order chi connectivity index (χ0) is 13.5. The molecule has 1 aliphatic rings. The number of fused-ring (bicyclic) bond motifs is 1. The van der Waals surface area contributed by atoms with Crippen molar-refractivity contribution >= 4 is 5.82 Å². The molecule has 2 rings (SSSR count). The van der Waals surface area contributed by atoms with E-state index < -0.39 is 0 Å². The number of ether oxygens (including phenoxy) is 1. The largest absolute Gasteiger partial charge is 0.379 e. The van der Waals surface area contributed by atoms with Crippen molar-refractivity contribution in [1.82, 2.24) is 4.98 Å². The first-order valence-electron chi connectivity index (χ1n) is 6.70. The number of rotatable bonds is 7. The van der Waals surface area contributed by atoms with Crippen LogP contribution in [0, 0.1) is 11.3 Å². The summed E-state index contributed by atoms with van der Waals surface area (Å²) in [5, 5.41) is 12.3. The molecule has 100 valence electrons. The van der Waals surface area contributed by atoms with E-state index in [0.29, 0.717) is 31.1 Å². The summed E-state index contributed by atoms with van der Waals surface area (Å²) in [5.74, 6) is 0.690. The van der Waals surface area contributed by atoms with Gasteiger partial charge in [0.2, 0.25) is 0 Å². The Balaban J connectivity index is 1.89. The van der Waals surface area contributed by atoms with E-state index >= 15 is 0 Å². The summed E-state index contributed by atoms with van der Waals surface area (Å²) in [4.78, 5) is 4.55. The van der Waals surface area contributed by atoms with Crippen LogP contribution in [0.5, 0.6) is 0 Å². The smallest absolute Gasteiger partial charge is 0.144 e. The molecule has 1 aliphatic carbocycles. The Kier molecular flexibility index (Phi) is 4.93. The zero-order valence-corrected chi connectivity index (χ0v) is 11.1. The molecule has 19 heavy (non-hydrogen) atoms. The van der Waals surface area contributed by atoms with Crippen LogP contribution in [0.4, 0.5) is 5.82 Å². The molecule has 1 N–H and O–H groups in total. The van der Waals surface area contributed by atoms with Crippen LogP contribution in [0.2, 0.25) is 0 Å². The lowest BCUT2D eigenvalue weighted by Gasteiger charge is -2.09. The van der Waals surface area contributed by atoms with Crippen molar-refractivity contribution in [2.45, 2.75) is 25.7 Å². The SMILES string of the molecule is C=CCCOCCNc1nc2c(cc1C#N)CCC2. The minimum atomic E-state index is 0.609. The summed E-state index contributed by atoms with van der Waals surface area (Å²) in [7, 11) is 0. The third kappa shape index (κ3) is 3.55. The fourth-order valence-electron chi connectivity index (χ4n) is 2.20. The monoisotopic (exact) mass is 257 g/mol. The zero-order valence-electron chi connectivity index (χ0n) is 11.1. The number of hydrogen-bond donors (Lipinski definition) is 1. The Morgan fingerprint density at radius 3 is 3.16 bits per heavy atom. The molecule has 1 aromatic heterocycles. The van der Waals surface area contributed by atoms with Crippen molar-refractivity contribution in [3.63, 3.8) is 0 Å². The maximum atomic E-state index is 9.15. The van der Waals surface area contributed by atoms with Crippen molar-refractivity contribution in [2.24, 2.45) is 0 Å². The highest BCUT2D eigenvalue weighted by Gasteiger charge is 2.15. The molecule has 0 atom stereocenters. The van der Waals surface area contributed by atoms with Gasteiger partial charge in [-0.25, -0.2) is 4.98 Å². The van der Waals surface area contributed by atoms with Crippen LogP contribution < -0.4 is 5.32 Å². The molecule has 4 nitrogen and oxygen atoms in total. The van der Waals surface area contributed by atoms with E-state index in [-0.39, 0.29) is 0 Å². The van der Waals surface area contributed by atoms with Crippen molar-refractivity contribution in [3.8, 4) is 6.07 Å².